The van der Waals surface area contributed by atoms with E-state index in [1.165, 1.54) is 0 Å². The third-order valence-corrected chi connectivity index (χ3v) is 7.44. The van der Waals surface area contributed by atoms with Gasteiger partial charge >= 0.3 is 0 Å². The molecule has 0 aliphatic carbocycles. The molecule has 0 radical (unpaired) electrons. The molecule has 0 bridgehead atoms. The molecule has 4 rings (SSSR count). The Morgan fingerprint density at radius 1 is 1.18 bits per heavy atom. The van der Waals surface area contributed by atoms with Gasteiger partial charge in [-0.25, -0.2) is 4.68 Å². The molecule has 1 saturated heterocycles. The SMILES string of the molecule is CCC(=O)N1CCC([C@@H]2CCNc3c(C(N)=O)c(-c4cc(OC)c(Br)c(OC)c4)nn32)CC1. The van der Waals surface area contributed by atoms with E-state index >= 15 is 0 Å². The van der Waals surface area contributed by atoms with E-state index in [1.807, 2.05) is 28.6 Å². The first-order chi connectivity index (χ1) is 15.9. The number of carbonyl (C=O) groups is 2. The van der Waals surface area contributed by atoms with Crippen LogP contribution >= 0.6 is 15.9 Å². The summed E-state index contributed by atoms with van der Waals surface area (Å²) < 4.78 is 13.6. The van der Waals surface area contributed by atoms with Crippen LogP contribution in [0, 0.1) is 5.92 Å². The van der Waals surface area contributed by atoms with Crippen LogP contribution < -0.4 is 20.5 Å². The number of amides is 2. The van der Waals surface area contributed by atoms with Crippen LogP contribution in [0.25, 0.3) is 11.3 Å². The summed E-state index contributed by atoms with van der Waals surface area (Å²) in [4.78, 5) is 26.6. The van der Waals surface area contributed by atoms with Gasteiger partial charge in [-0.05, 0) is 53.2 Å². The number of nitrogens with zero attached hydrogens (tertiary/aromatic N) is 3. The number of ether oxygens (including phenoxy) is 2. The number of nitrogens with two attached hydrogens (primary N) is 1. The summed E-state index contributed by atoms with van der Waals surface area (Å²) in [5.41, 5.74) is 7.39. The number of hydrogen-bond acceptors (Lipinski definition) is 6. The van der Waals surface area contributed by atoms with Crippen LogP contribution in [0.15, 0.2) is 16.6 Å². The fourth-order valence-corrected chi connectivity index (χ4v) is 5.49. The number of carbonyl (C=O) groups excluding carboxylic acids is 2. The summed E-state index contributed by atoms with van der Waals surface area (Å²) in [6.45, 7) is 4.15. The van der Waals surface area contributed by atoms with Crippen molar-refractivity contribution in [3.05, 3.63) is 22.2 Å². The van der Waals surface area contributed by atoms with Gasteiger partial charge in [-0.3, -0.25) is 9.59 Å². The molecule has 9 nitrogen and oxygen atoms in total. The zero-order valence-electron chi connectivity index (χ0n) is 19.2. The van der Waals surface area contributed by atoms with Crippen LogP contribution in [0.5, 0.6) is 11.5 Å². The van der Waals surface area contributed by atoms with Crippen molar-refractivity contribution in [2.45, 2.75) is 38.6 Å². The third-order valence-electron chi connectivity index (χ3n) is 6.66. The van der Waals surface area contributed by atoms with Gasteiger partial charge in [-0.2, -0.15) is 5.10 Å². The summed E-state index contributed by atoms with van der Waals surface area (Å²) in [7, 11) is 3.15. The maximum Gasteiger partial charge on any atom is 0.254 e. The molecule has 0 unspecified atom stereocenters. The van der Waals surface area contributed by atoms with E-state index in [0.29, 0.717) is 50.9 Å². The fraction of sp³-hybridized carbons (Fsp3) is 0.522. The second-order valence-electron chi connectivity index (χ2n) is 8.43. The Bertz CT molecular complexity index is 1040. The predicted octanol–water partition coefficient (Wildman–Crippen LogP) is 3.43. The van der Waals surface area contributed by atoms with Gasteiger partial charge in [0, 0.05) is 31.6 Å². The highest BCUT2D eigenvalue weighted by atomic mass is 79.9. The molecule has 3 heterocycles. The molecular weight excluding hydrogens is 490 g/mol. The minimum atomic E-state index is -0.538. The van der Waals surface area contributed by atoms with Crippen molar-refractivity contribution >= 4 is 33.6 Å². The lowest BCUT2D eigenvalue weighted by molar-refractivity contribution is -0.132. The molecule has 2 aliphatic rings. The van der Waals surface area contributed by atoms with E-state index in [0.717, 1.165) is 38.9 Å². The molecule has 1 atom stereocenters. The first kappa shape index (κ1) is 23.4. The van der Waals surface area contributed by atoms with Crippen molar-refractivity contribution in [3.63, 3.8) is 0 Å². The second-order valence-corrected chi connectivity index (χ2v) is 9.22. The van der Waals surface area contributed by atoms with Gasteiger partial charge in [-0.1, -0.05) is 6.92 Å². The average molecular weight is 520 g/mol. The number of anilines is 1. The van der Waals surface area contributed by atoms with E-state index in [9.17, 15) is 9.59 Å². The number of nitrogens with one attached hydrogen (secondary N) is 1. The molecule has 2 amide bonds. The van der Waals surface area contributed by atoms with Gasteiger partial charge in [0.2, 0.25) is 5.91 Å². The van der Waals surface area contributed by atoms with Crippen LogP contribution in [0.1, 0.15) is 49.0 Å². The van der Waals surface area contributed by atoms with Crippen molar-refractivity contribution in [3.8, 4) is 22.8 Å². The minimum Gasteiger partial charge on any atom is -0.495 e. The lowest BCUT2D eigenvalue weighted by atomic mass is 9.86. The van der Waals surface area contributed by atoms with Crippen LogP contribution in [0.2, 0.25) is 0 Å². The number of aromatic nitrogens is 2. The number of halogens is 1. The molecule has 1 aromatic heterocycles. The Kier molecular flexibility index (Phi) is 6.83. The van der Waals surface area contributed by atoms with Crippen molar-refractivity contribution in [2.24, 2.45) is 11.7 Å². The lowest BCUT2D eigenvalue weighted by Gasteiger charge is -2.38. The summed E-state index contributed by atoms with van der Waals surface area (Å²) in [6.07, 6.45) is 3.26. The van der Waals surface area contributed by atoms with Crippen LogP contribution in [0.4, 0.5) is 5.82 Å². The van der Waals surface area contributed by atoms with Gasteiger partial charge in [0.15, 0.2) is 0 Å². The normalized spacial score (nSPS) is 18.4. The van der Waals surface area contributed by atoms with Crippen molar-refractivity contribution < 1.29 is 19.1 Å². The molecule has 10 heteroatoms. The summed E-state index contributed by atoms with van der Waals surface area (Å²) >= 11 is 3.49. The third kappa shape index (κ3) is 4.28. The van der Waals surface area contributed by atoms with Crippen molar-refractivity contribution in [1.29, 1.82) is 0 Å². The van der Waals surface area contributed by atoms with Crippen molar-refractivity contribution in [1.82, 2.24) is 14.7 Å². The Balaban J connectivity index is 1.73. The molecule has 2 aliphatic heterocycles. The van der Waals surface area contributed by atoms with Gasteiger partial charge in [-0.15, -0.1) is 0 Å². The van der Waals surface area contributed by atoms with Crippen LogP contribution in [-0.2, 0) is 4.79 Å². The monoisotopic (exact) mass is 519 g/mol. The van der Waals surface area contributed by atoms with E-state index < -0.39 is 5.91 Å². The van der Waals surface area contributed by atoms with Crippen LogP contribution in [0.3, 0.4) is 0 Å². The molecule has 1 fully saturated rings. The summed E-state index contributed by atoms with van der Waals surface area (Å²) in [5, 5.41) is 8.24. The van der Waals surface area contributed by atoms with Gasteiger partial charge in [0.05, 0.1) is 20.3 Å². The van der Waals surface area contributed by atoms with Gasteiger partial charge in [0.25, 0.3) is 5.91 Å². The zero-order valence-corrected chi connectivity index (χ0v) is 20.8. The molecule has 33 heavy (non-hydrogen) atoms. The smallest absolute Gasteiger partial charge is 0.254 e. The molecule has 178 valence electrons. The Morgan fingerprint density at radius 3 is 2.36 bits per heavy atom. The zero-order chi connectivity index (χ0) is 23.7. The number of hydrogen-bond donors (Lipinski definition) is 2. The van der Waals surface area contributed by atoms with Gasteiger partial charge < -0.3 is 25.4 Å². The first-order valence-corrected chi connectivity index (χ1v) is 12.0. The van der Waals surface area contributed by atoms with Gasteiger partial charge in [0.1, 0.15) is 33.0 Å². The predicted molar refractivity (Wildman–Crippen MR) is 129 cm³/mol. The Hall–Kier alpha value is -2.75. The number of methoxy groups -OCH3 is 2. The lowest BCUT2D eigenvalue weighted by Crippen LogP contribution is -2.41. The molecule has 2 aromatic rings. The Labute approximate surface area is 201 Å². The highest BCUT2D eigenvalue weighted by Gasteiger charge is 2.36. The maximum absolute atomic E-state index is 12.6. The molecule has 0 saturated carbocycles. The molecule has 1 aromatic carbocycles. The van der Waals surface area contributed by atoms with Crippen LogP contribution in [-0.4, -0.2) is 60.3 Å². The fourth-order valence-electron chi connectivity index (χ4n) is 4.94. The molecule has 0 spiro atoms. The standard InChI is InChI=1S/C23H30BrN5O4/c1-4-18(30)28-9-6-13(7-10-28)15-5-8-26-23-19(22(25)31)21(27-29(15)23)14-11-16(32-2)20(24)17(12-14)33-3/h11-13,15,26H,4-10H2,1-3H3,(H2,25,31)/t15-/m0/s1. The topological polar surface area (TPSA) is 112 Å². The molecule has 3 N–H and O–H groups in total. The quantitative estimate of drug-likeness (QED) is 0.604. The number of primary amides is 1. The van der Waals surface area contributed by atoms with E-state index in [4.69, 9.17) is 20.3 Å². The van der Waals surface area contributed by atoms with E-state index in [2.05, 4.69) is 21.2 Å². The van der Waals surface area contributed by atoms with Crippen molar-refractivity contribution in [2.75, 3.05) is 39.2 Å². The number of fused-ring (bicyclic) bond motifs is 1. The van der Waals surface area contributed by atoms with E-state index in [1.54, 1.807) is 14.2 Å². The first-order valence-electron chi connectivity index (χ1n) is 11.2. The molecular formula is C23H30BrN5O4. The average Bonchev–Trinajstić information content (AvgIpc) is 3.24. The summed E-state index contributed by atoms with van der Waals surface area (Å²) in [5.74, 6) is 1.83. The number of rotatable bonds is 6. The largest absolute Gasteiger partial charge is 0.495 e. The number of likely N-dealkylation sites (tertiary alicyclic amines) is 1. The maximum atomic E-state index is 12.6. The Morgan fingerprint density at radius 2 is 1.82 bits per heavy atom. The highest BCUT2D eigenvalue weighted by Crippen LogP contribution is 2.43. The van der Waals surface area contributed by atoms with E-state index in [-0.39, 0.29) is 11.9 Å². The summed E-state index contributed by atoms with van der Waals surface area (Å²) in [6, 6.07) is 3.76. The minimum absolute atomic E-state index is 0.131. The highest BCUT2D eigenvalue weighted by molar-refractivity contribution is 9.10. The second kappa shape index (κ2) is 9.62. The number of benzene rings is 1. The number of piperidine rings is 1.